The van der Waals surface area contributed by atoms with E-state index >= 15 is 0 Å². The fraction of sp³-hybridized carbons (Fsp3) is 1.00. The quantitative estimate of drug-likeness (QED) is 0.485. The number of aliphatic hydroxyl groups excluding tert-OH is 2. The van der Waals surface area contributed by atoms with Crippen molar-refractivity contribution in [1.82, 2.24) is 6.15 Å². The molecule has 0 aromatic heterocycles. The maximum absolute atomic E-state index is 8.30. The molecular weight excluding hydrogens is 118 g/mol. The van der Waals surface area contributed by atoms with Gasteiger partial charge in [0, 0.05) is 13.2 Å². The van der Waals surface area contributed by atoms with E-state index in [0.717, 1.165) is 25.7 Å². The summed E-state index contributed by atoms with van der Waals surface area (Å²) in [6.07, 6.45) is 3.83. The Kier molecular flexibility index (Phi) is 14.0. The molecule has 0 aliphatic rings. The van der Waals surface area contributed by atoms with Crippen molar-refractivity contribution in [2.24, 2.45) is 0 Å². The van der Waals surface area contributed by atoms with Gasteiger partial charge in [0.25, 0.3) is 0 Å². The Morgan fingerprint density at radius 1 is 0.667 bits per heavy atom. The van der Waals surface area contributed by atoms with Crippen LogP contribution in [0.2, 0.25) is 0 Å². The van der Waals surface area contributed by atoms with Crippen LogP contribution < -0.4 is 6.15 Å². The number of unbranched alkanes of at least 4 members (excludes halogenated alkanes) is 3. The van der Waals surface area contributed by atoms with E-state index in [1.807, 2.05) is 0 Å². The highest BCUT2D eigenvalue weighted by molar-refractivity contribution is 4.39. The van der Waals surface area contributed by atoms with Gasteiger partial charge in [-0.05, 0) is 12.8 Å². The molecule has 0 fully saturated rings. The van der Waals surface area contributed by atoms with E-state index in [2.05, 4.69) is 0 Å². The minimum Gasteiger partial charge on any atom is -0.396 e. The minimum absolute atomic E-state index is 0. The zero-order chi connectivity index (χ0) is 6.24. The van der Waals surface area contributed by atoms with Gasteiger partial charge in [-0.2, -0.15) is 0 Å². The maximum Gasteiger partial charge on any atom is 0.0431 e. The smallest absolute Gasteiger partial charge is 0.0431 e. The Morgan fingerprint density at radius 2 is 1.00 bits per heavy atom. The second-order valence-corrected chi connectivity index (χ2v) is 1.86. The molecule has 9 heavy (non-hydrogen) atoms. The summed E-state index contributed by atoms with van der Waals surface area (Å²) in [7, 11) is 0. The van der Waals surface area contributed by atoms with E-state index in [1.54, 1.807) is 0 Å². The average molecular weight is 135 g/mol. The summed E-state index contributed by atoms with van der Waals surface area (Å²) in [5.74, 6) is 0. The van der Waals surface area contributed by atoms with Crippen LogP contribution in [0.4, 0.5) is 0 Å². The SMILES string of the molecule is N.OCCCCCCO. The van der Waals surface area contributed by atoms with E-state index in [4.69, 9.17) is 10.2 Å². The highest BCUT2D eigenvalue weighted by Gasteiger charge is 1.84. The molecule has 58 valence electrons. The van der Waals surface area contributed by atoms with E-state index < -0.39 is 0 Å². The Balaban J connectivity index is 0. The fourth-order valence-electron chi connectivity index (χ4n) is 0.577. The Morgan fingerprint density at radius 3 is 1.22 bits per heavy atom. The van der Waals surface area contributed by atoms with Crippen LogP contribution in [0.25, 0.3) is 0 Å². The van der Waals surface area contributed by atoms with Gasteiger partial charge in [-0.3, -0.25) is 0 Å². The van der Waals surface area contributed by atoms with Crippen molar-refractivity contribution in [2.45, 2.75) is 25.7 Å². The molecule has 0 radical (unpaired) electrons. The number of hydrogen-bond donors (Lipinski definition) is 3. The summed E-state index contributed by atoms with van der Waals surface area (Å²) in [5.41, 5.74) is 0. The molecule has 0 spiro atoms. The summed E-state index contributed by atoms with van der Waals surface area (Å²) in [6, 6.07) is 0. The van der Waals surface area contributed by atoms with Crippen LogP contribution in [0.3, 0.4) is 0 Å². The molecule has 0 saturated carbocycles. The molecular formula is C6H17NO2. The first-order valence-electron chi connectivity index (χ1n) is 3.13. The molecule has 0 amide bonds. The van der Waals surface area contributed by atoms with Gasteiger partial charge in [0.2, 0.25) is 0 Å². The summed E-state index contributed by atoms with van der Waals surface area (Å²) in [5, 5.41) is 16.6. The average Bonchev–Trinajstić information content (AvgIpc) is 1.81. The van der Waals surface area contributed by atoms with Crippen LogP contribution >= 0.6 is 0 Å². The summed E-state index contributed by atoms with van der Waals surface area (Å²) < 4.78 is 0. The Labute approximate surface area is 56.3 Å². The third-order valence-electron chi connectivity index (χ3n) is 1.07. The molecule has 0 aromatic carbocycles. The first-order valence-corrected chi connectivity index (χ1v) is 3.13. The highest BCUT2D eigenvalue weighted by Crippen LogP contribution is 1.96. The summed E-state index contributed by atoms with van der Waals surface area (Å²) >= 11 is 0. The van der Waals surface area contributed by atoms with E-state index in [0.29, 0.717) is 0 Å². The van der Waals surface area contributed by atoms with Gasteiger partial charge in [-0.15, -0.1) is 0 Å². The molecule has 0 heterocycles. The number of rotatable bonds is 5. The monoisotopic (exact) mass is 135 g/mol. The van der Waals surface area contributed by atoms with Crippen molar-refractivity contribution in [2.75, 3.05) is 13.2 Å². The first kappa shape index (κ1) is 11.6. The largest absolute Gasteiger partial charge is 0.396 e. The lowest BCUT2D eigenvalue weighted by Gasteiger charge is -1.93. The van der Waals surface area contributed by atoms with Gasteiger partial charge in [-0.1, -0.05) is 12.8 Å². The molecule has 0 unspecified atom stereocenters. The first-order chi connectivity index (χ1) is 3.91. The lowest BCUT2D eigenvalue weighted by atomic mass is 10.2. The molecule has 0 bridgehead atoms. The van der Waals surface area contributed by atoms with Gasteiger partial charge in [-0.25, -0.2) is 0 Å². The second-order valence-electron chi connectivity index (χ2n) is 1.86. The Hall–Kier alpha value is -0.120. The van der Waals surface area contributed by atoms with Crippen LogP contribution in [0.15, 0.2) is 0 Å². The lowest BCUT2D eigenvalue weighted by molar-refractivity contribution is 0.265. The molecule has 3 heteroatoms. The predicted octanol–water partition coefficient (Wildman–Crippen LogP) is 0.693. The van der Waals surface area contributed by atoms with Crippen LogP contribution in [-0.2, 0) is 0 Å². The van der Waals surface area contributed by atoms with E-state index in [9.17, 15) is 0 Å². The molecule has 0 aromatic rings. The Bertz CT molecular complexity index is 36.0. The van der Waals surface area contributed by atoms with Gasteiger partial charge < -0.3 is 16.4 Å². The van der Waals surface area contributed by atoms with Gasteiger partial charge in [0.1, 0.15) is 0 Å². The lowest BCUT2D eigenvalue weighted by Crippen LogP contribution is -1.85. The van der Waals surface area contributed by atoms with Crippen molar-refractivity contribution >= 4 is 0 Å². The van der Waals surface area contributed by atoms with E-state index in [-0.39, 0.29) is 19.4 Å². The van der Waals surface area contributed by atoms with Crippen molar-refractivity contribution in [3.05, 3.63) is 0 Å². The molecule has 3 nitrogen and oxygen atoms in total. The van der Waals surface area contributed by atoms with Crippen LogP contribution in [-0.4, -0.2) is 23.4 Å². The number of hydrogen-bond acceptors (Lipinski definition) is 3. The zero-order valence-corrected chi connectivity index (χ0v) is 5.84. The van der Waals surface area contributed by atoms with E-state index in [1.165, 1.54) is 0 Å². The van der Waals surface area contributed by atoms with Gasteiger partial charge in [0.15, 0.2) is 0 Å². The molecule has 0 aliphatic carbocycles. The zero-order valence-electron chi connectivity index (χ0n) is 5.84. The third-order valence-corrected chi connectivity index (χ3v) is 1.07. The van der Waals surface area contributed by atoms with Crippen LogP contribution in [0.5, 0.6) is 0 Å². The molecule has 0 aliphatic heterocycles. The highest BCUT2D eigenvalue weighted by atomic mass is 16.3. The van der Waals surface area contributed by atoms with Crippen LogP contribution in [0.1, 0.15) is 25.7 Å². The van der Waals surface area contributed by atoms with Crippen molar-refractivity contribution in [1.29, 1.82) is 0 Å². The van der Waals surface area contributed by atoms with Crippen molar-refractivity contribution in [3.8, 4) is 0 Å². The minimum atomic E-state index is 0. The molecule has 5 N–H and O–H groups in total. The fourth-order valence-corrected chi connectivity index (χ4v) is 0.577. The van der Waals surface area contributed by atoms with Gasteiger partial charge in [0.05, 0.1) is 0 Å². The summed E-state index contributed by atoms with van der Waals surface area (Å²) in [6.45, 7) is 0.566. The van der Waals surface area contributed by atoms with Crippen LogP contribution in [0, 0.1) is 0 Å². The number of aliphatic hydroxyl groups is 2. The molecule has 0 atom stereocenters. The molecule has 0 saturated heterocycles. The summed E-state index contributed by atoms with van der Waals surface area (Å²) in [4.78, 5) is 0. The van der Waals surface area contributed by atoms with Crippen molar-refractivity contribution in [3.63, 3.8) is 0 Å². The van der Waals surface area contributed by atoms with Gasteiger partial charge >= 0.3 is 0 Å². The topological polar surface area (TPSA) is 75.5 Å². The van der Waals surface area contributed by atoms with Crippen molar-refractivity contribution < 1.29 is 10.2 Å². The predicted molar refractivity (Wildman–Crippen MR) is 37.7 cm³/mol. The molecule has 0 rings (SSSR count). The normalized spacial score (nSPS) is 8.67. The maximum atomic E-state index is 8.30. The second kappa shape index (κ2) is 10.8. The third kappa shape index (κ3) is 11.4. The standard InChI is InChI=1S/C6H14O2.H3N/c7-5-3-1-2-4-6-8;/h7-8H,1-6H2;1H3.